The number of carbonyl (C=O) groups is 2. The largest absolute Gasteiger partial charge is 0.312 e. The van der Waals surface area contributed by atoms with Crippen LogP contribution in [0.5, 0.6) is 0 Å². The molecular weight excluding hydrogens is 331 g/mol. The Kier molecular flexibility index (Phi) is 4.84. The van der Waals surface area contributed by atoms with E-state index in [0.29, 0.717) is 10.8 Å². The molecule has 0 saturated carbocycles. The van der Waals surface area contributed by atoms with Gasteiger partial charge in [-0.3, -0.25) is 9.59 Å². The number of aromatic nitrogens is 2. The fourth-order valence-electron chi connectivity index (χ4n) is 2.58. The van der Waals surface area contributed by atoms with E-state index in [-0.39, 0.29) is 30.6 Å². The van der Waals surface area contributed by atoms with Crippen LogP contribution in [-0.2, 0) is 16.0 Å². The molecule has 1 aliphatic rings. The van der Waals surface area contributed by atoms with Crippen LogP contribution in [0.3, 0.4) is 0 Å². The number of nitrogens with one attached hydrogen (secondary N) is 1. The monoisotopic (exact) mass is 348 g/mol. The molecule has 8 heteroatoms. The normalized spacial score (nSPS) is 17.3. The van der Waals surface area contributed by atoms with Crippen LogP contribution in [0.25, 0.3) is 0 Å². The van der Waals surface area contributed by atoms with Crippen molar-refractivity contribution >= 4 is 34.0 Å². The topological polar surface area (TPSA) is 75.2 Å². The van der Waals surface area contributed by atoms with Crippen LogP contribution in [0.4, 0.5) is 15.2 Å². The Hall–Kier alpha value is -2.35. The van der Waals surface area contributed by atoms with Crippen molar-refractivity contribution in [1.29, 1.82) is 0 Å². The Morgan fingerprint density at radius 1 is 1.38 bits per heavy atom. The van der Waals surface area contributed by atoms with Crippen LogP contribution >= 0.6 is 11.3 Å². The number of aryl methyl sites for hydroxylation is 1. The summed E-state index contributed by atoms with van der Waals surface area (Å²) in [5.41, 5.74) is 0.595. The van der Waals surface area contributed by atoms with Crippen molar-refractivity contribution in [2.45, 2.75) is 26.2 Å². The lowest BCUT2D eigenvalue weighted by molar-refractivity contribution is -0.122. The van der Waals surface area contributed by atoms with Gasteiger partial charge in [0.2, 0.25) is 16.9 Å². The van der Waals surface area contributed by atoms with Gasteiger partial charge in [0.25, 0.3) is 0 Å². The van der Waals surface area contributed by atoms with Crippen molar-refractivity contribution in [3.05, 3.63) is 35.1 Å². The lowest BCUT2D eigenvalue weighted by atomic mass is 10.1. The summed E-state index contributed by atoms with van der Waals surface area (Å²) in [5.74, 6) is -1.21. The van der Waals surface area contributed by atoms with Crippen molar-refractivity contribution in [2.24, 2.45) is 5.92 Å². The molecule has 24 heavy (non-hydrogen) atoms. The third-order valence-electron chi connectivity index (χ3n) is 3.79. The highest BCUT2D eigenvalue weighted by Gasteiger charge is 2.35. The smallest absolute Gasteiger partial charge is 0.231 e. The molecule has 2 heterocycles. The second-order valence-corrected chi connectivity index (χ2v) is 6.68. The van der Waals surface area contributed by atoms with Gasteiger partial charge in [0, 0.05) is 25.1 Å². The molecule has 0 bridgehead atoms. The summed E-state index contributed by atoms with van der Waals surface area (Å²) < 4.78 is 13.0. The van der Waals surface area contributed by atoms with E-state index in [9.17, 15) is 14.0 Å². The standard InChI is InChI=1S/C16H17FN4O2S/c1-2-3-13-19-20-16(24-13)18-15(23)10-8-14(22)21(9-10)12-6-4-11(17)5-7-12/h4-7,10H,2-3,8-9H2,1H3,(H,18,20,23)/t10-/m0/s1. The molecule has 0 radical (unpaired) electrons. The van der Waals surface area contributed by atoms with Gasteiger partial charge in [0.1, 0.15) is 10.8 Å². The molecule has 1 atom stereocenters. The fraction of sp³-hybridized carbons (Fsp3) is 0.375. The van der Waals surface area contributed by atoms with Crippen molar-refractivity contribution in [3.63, 3.8) is 0 Å². The zero-order valence-electron chi connectivity index (χ0n) is 13.2. The van der Waals surface area contributed by atoms with Crippen LogP contribution in [-0.4, -0.2) is 28.6 Å². The molecule has 1 saturated heterocycles. The lowest BCUT2D eigenvalue weighted by Crippen LogP contribution is -2.28. The summed E-state index contributed by atoms with van der Waals surface area (Å²) in [7, 11) is 0. The first kappa shape index (κ1) is 16.5. The summed E-state index contributed by atoms with van der Waals surface area (Å²) in [5, 5.41) is 12.0. The number of hydrogen-bond acceptors (Lipinski definition) is 5. The first-order valence-corrected chi connectivity index (χ1v) is 8.57. The average Bonchev–Trinajstić information content (AvgIpc) is 3.15. The zero-order chi connectivity index (χ0) is 17.1. The summed E-state index contributed by atoms with van der Waals surface area (Å²) in [6.45, 7) is 2.32. The highest BCUT2D eigenvalue weighted by atomic mass is 32.1. The quantitative estimate of drug-likeness (QED) is 0.901. The molecule has 0 spiro atoms. The Bertz CT molecular complexity index is 747. The number of rotatable bonds is 5. The first-order chi connectivity index (χ1) is 11.6. The van der Waals surface area contributed by atoms with E-state index in [4.69, 9.17) is 0 Å². The van der Waals surface area contributed by atoms with E-state index in [0.717, 1.165) is 17.8 Å². The molecule has 0 aliphatic carbocycles. The number of hydrogen-bond donors (Lipinski definition) is 1. The molecule has 0 unspecified atom stereocenters. The van der Waals surface area contributed by atoms with Gasteiger partial charge in [-0.2, -0.15) is 0 Å². The summed E-state index contributed by atoms with van der Waals surface area (Å²) >= 11 is 1.35. The molecule has 3 rings (SSSR count). The SMILES string of the molecule is CCCc1nnc(NC(=O)[C@H]2CC(=O)N(c3ccc(F)cc3)C2)s1. The predicted octanol–water partition coefficient (Wildman–Crippen LogP) is 2.62. The number of carbonyl (C=O) groups excluding carboxylic acids is 2. The van der Waals surface area contributed by atoms with E-state index < -0.39 is 5.92 Å². The molecule has 2 amide bonds. The van der Waals surface area contributed by atoms with Crippen LogP contribution in [0.15, 0.2) is 24.3 Å². The molecule has 6 nitrogen and oxygen atoms in total. The second kappa shape index (κ2) is 7.04. The molecule has 1 aromatic carbocycles. The molecule has 1 N–H and O–H groups in total. The van der Waals surface area contributed by atoms with Gasteiger partial charge in [-0.05, 0) is 30.7 Å². The maximum Gasteiger partial charge on any atom is 0.231 e. The summed E-state index contributed by atoms with van der Waals surface area (Å²) in [6, 6.07) is 5.67. The summed E-state index contributed by atoms with van der Waals surface area (Å²) in [6.07, 6.45) is 1.92. The molecule has 1 aromatic heterocycles. The van der Waals surface area contributed by atoms with Crippen LogP contribution in [0.2, 0.25) is 0 Å². The van der Waals surface area contributed by atoms with Gasteiger partial charge in [0.15, 0.2) is 0 Å². The van der Waals surface area contributed by atoms with Crippen LogP contribution in [0, 0.1) is 11.7 Å². The third kappa shape index (κ3) is 3.59. The molecule has 2 aromatic rings. The van der Waals surface area contributed by atoms with Crippen molar-refractivity contribution in [2.75, 3.05) is 16.8 Å². The highest BCUT2D eigenvalue weighted by molar-refractivity contribution is 7.15. The minimum absolute atomic E-state index is 0.129. The number of amides is 2. The van der Waals surface area contributed by atoms with Crippen LogP contribution < -0.4 is 10.2 Å². The average molecular weight is 348 g/mol. The molecule has 1 aliphatic heterocycles. The van der Waals surface area contributed by atoms with E-state index >= 15 is 0 Å². The number of benzene rings is 1. The van der Waals surface area contributed by atoms with Gasteiger partial charge in [-0.25, -0.2) is 4.39 Å². The second-order valence-electron chi connectivity index (χ2n) is 5.62. The van der Waals surface area contributed by atoms with Gasteiger partial charge in [-0.15, -0.1) is 10.2 Å². The van der Waals surface area contributed by atoms with E-state index in [1.165, 1.54) is 40.5 Å². The van der Waals surface area contributed by atoms with E-state index in [1.54, 1.807) is 0 Å². The zero-order valence-corrected chi connectivity index (χ0v) is 14.0. The molecular formula is C16H17FN4O2S. The number of halogens is 1. The predicted molar refractivity (Wildman–Crippen MR) is 89.4 cm³/mol. The van der Waals surface area contributed by atoms with Crippen molar-refractivity contribution < 1.29 is 14.0 Å². The fourth-order valence-corrected chi connectivity index (χ4v) is 3.42. The summed E-state index contributed by atoms with van der Waals surface area (Å²) in [4.78, 5) is 26.0. The first-order valence-electron chi connectivity index (χ1n) is 7.76. The van der Waals surface area contributed by atoms with Crippen LogP contribution in [0.1, 0.15) is 24.8 Å². The number of nitrogens with zero attached hydrogens (tertiary/aromatic N) is 3. The van der Waals surface area contributed by atoms with Gasteiger partial charge < -0.3 is 10.2 Å². The lowest BCUT2D eigenvalue weighted by Gasteiger charge is -2.16. The Morgan fingerprint density at radius 3 is 2.83 bits per heavy atom. The molecule has 1 fully saturated rings. The van der Waals surface area contributed by atoms with Gasteiger partial charge in [-0.1, -0.05) is 18.3 Å². The minimum Gasteiger partial charge on any atom is -0.312 e. The Labute approximate surface area is 142 Å². The number of anilines is 2. The van der Waals surface area contributed by atoms with Crippen molar-refractivity contribution in [1.82, 2.24) is 10.2 Å². The Morgan fingerprint density at radius 2 is 2.12 bits per heavy atom. The maximum atomic E-state index is 13.0. The molecule has 126 valence electrons. The van der Waals surface area contributed by atoms with Gasteiger partial charge in [0.05, 0.1) is 5.92 Å². The van der Waals surface area contributed by atoms with Crippen molar-refractivity contribution in [3.8, 4) is 0 Å². The van der Waals surface area contributed by atoms with E-state index in [1.807, 2.05) is 6.92 Å². The third-order valence-corrected chi connectivity index (χ3v) is 4.69. The highest BCUT2D eigenvalue weighted by Crippen LogP contribution is 2.26. The van der Waals surface area contributed by atoms with E-state index in [2.05, 4.69) is 15.5 Å². The maximum absolute atomic E-state index is 13.0. The Balaban J connectivity index is 1.64. The van der Waals surface area contributed by atoms with Gasteiger partial charge >= 0.3 is 0 Å². The minimum atomic E-state index is -0.457.